The van der Waals surface area contributed by atoms with Gasteiger partial charge >= 0.3 is 0 Å². The van der Waals surface area contributed by atoms with Crippen molar-refractivity contribution in [2.75, 3.05) is 6.54 Å². The lowest BCUT2D eigenvalue weighted by Crippen LogP contribution is -2.35. The summed E-state index contributed by atoms with van der Waals surface area (Å²) in [5, 5.41) is 0. The summed E-state index contributed by atoms with van der Waals surface area (Å²) in [6.07, 6.45) is 0.582. The van der Waals surface area contributed by atoms with E-state index in [1.54, 1.807) is 0 Å². The van der Waals surface area contributed by atoms with Gasteiger partial charge in [0.2, 0.25) is 5.91 Å². The number of hydrogen-bond acceptors (Lipinski definition) is 1. The molecular weight excluding hydrogens is 198 g/mol. The van der Waals surface area contributed by atoms with E-state index in [0.29, 0.717) is 6.42 Å². The molecule has 0 saturated carbocycles. The lowest BCUT2D eigenvalue weighted by atomic mass is 10.0. The average molecular weight is 215 g/mol. The van der Waals surface area contributed by atoms with Crippen LogP contribution in [0.4, 0.5) is 0 Å². The topological polar surface area (TPSA) is 20.3 Å². The van der Waals surface area contributed by atoms with Crippen LogP contribution in [0, 0.1) is 0 Å². The Morgan fingerprint density at radius 3 is 2.50 bits per heavy atom. The fourth-order valence-electron chi connectivity index (χ4n) is 1.95. The molecule has 16 heavy (non-hydrogen) atoms. The molecule has 2 heteroatoms. The maximum absolute atomic E-state index is 11.8. The highest BCUT2D eigenvalue weighted by Gasteiger charge is 2.20. The normalized spacial score (nSPS) is 16.9. The van der Waals surface area contributed by atoms with E-state index < -0.39 is 0 Å². The van der Waals surface area contributed by atoms with Crippen LogP contribution in [0.15, 0.2) is 41.5 Å². The summed E-state index contributed by atoms with van der Waals surface area (Å²) < 4.78 is 0. The lowest BCUT2D eigenvalue weighted by molar-refractivity contribution is -0.131. The predicted octanol–water partition coefficient (Wildman–Crippen LogP) is 2.76. The van der Waals surface area contributed by atoms with Crippen LogP contribution in [0.5, 0.6) is 0 Å². The van der Waals surface area contributed by atoms with Gasteiger partial charge in [0.15, 0.2) is 0 Å². The second-order valence-corrected chi connectivity index (χ2v) is 4.47. The van der Waals surface area contributed by atoms with Crippen LogP contribution in [0.1, 0.15) is 25.8 Å². The molecule has 0 spiro atoms. The van der Waals surface area contributed by atoms with E-state index in [9.17, 15) is 4.79 Å². The molecule has 0 aliphatic carbocycles. The number of carbonyl (C=O) groups is 1. The van der Waals surface area contributed by atoms with Gasteiger partial charge in [-0.25, -0.2) is 0 Å². The van der Waals surface area contributed by atoms with Crippen molar-refractivity contribution in [1.82, 2.24) is 4.90 Å². The SMILES string of the molecule is CC1=C(C)CN(Cc2ccccc2)C(=O)C1. The molecule has 1 aromatic carbocycles. The minimum atomic E-state index is 0.243. The van der Waals surface area contributed by atoms with Crippen LogP contribution >= 0.6 is 0 Å². The Morgan fingerprint density at radius 1 is 1.12 bits per heavy atom. The van der Waals surface area contributed by atoms with Crippen LogP contribution in [0.3, 0.4) is 0 Å². The van der Waals surface area contributed by atoms with Crippen molar-refractivity contribution in [3.8, 4) is 0 Å². The molecule has 1 aromatic rings. The Balaban J connectivity index is 2.10. The molecule has 0 bridgehead atoms. The Kier molecular flexibility index (Phi) is 3.09. The Bertz CT molecular complexity index is 420. The standard InChI is InChI=1S/C14H17NO/c1-11-8-14(16)15(9-12(11)2)10-13-6-4-3-5-7-13/h3-7H,8-10H2,1-2H3. The number of hydrogen-bond donors (Lipinski definition) is 0. The van der Waals surface area contributed by atoms with E-state index in [-0.39, 0.29) is 5.91 Å². The van der Waals surface area contributed by atoms with Crippen molar-refractivity contribution in [1.29, 1.82) is 0 Å². The van der Waals surface area contributed by atoms with Crippen molar-refractivity contribution in [2.45, 2.75) is 26.8 Å². The zero-order valence-corrected chi connectivity index (χ0v) is 9.86. The van der Waals surface area contributed by atoms with E-state index in [2.05, 4.69) is 19.1 Å². The molecule has 2 nitrogen and oxygen atoms in total. The quantitative estimate of drug-likeness (QED) is 0.695. The first-order valence-electron chi connectivity index (χ1n) is 5.64. The summed E-state index contributed by atoms with van der Waals surface area (Å²) in [7, 11) is 0. The fourth-order valence-corrected chi connectivity index (χ4v) is 1.95. The van der Waals surface area contributed by atoms with Gasteiger partial charge < -0.3 is 4.90 Å². The fraction of sp³-hybridized carbons (Fsp3) is 0.357. The highest BCUT2D eigenvalue weighted by atomic mass is 16.2. The van der Waals surface area contributed by atoms with Crippen molar-refractivity contribution < 1.29 is 4.79 Å². The molecule has 84 valence electrons. The minimum Gasteiger partial charge on any atom is -0.334 e. The molecule has 0 fully saturated rings. The molecule has 0 unspecified atom stereocenters. The van der Waals surface area contributed by atoms with Crippen LogP contribution in [-0.4, -0.2) is 17.4 Å². The van der Waals surface area contributed by atoms with Gasteiger partial charge in [-0.05, 0) is 19.4 Å². The number of rotatable bonds is 2. The molecule has 0 N–H and O–H groups in total. The van der Waals surface area contributed by atoms with Crippen molar-refractivity contribution >= 4 is 5.91 Å². The van der Waals surface area contributed by atoms with Gasteiger partial charge in [-0.3, -0.25) is 4.79 Å². The molecule has 0 radical (unpaired) electrons. The molecule has 1 heterocycles. The second-order valence-electron chi connectivity index (χ2n) is 4.47. The van der Waals surface area contributed by atoms with Gasteiger partial charge in [-0.15, -0.1) is 0 Å². The van der Waals surface area contributed by atoms with E-state index >= 15 is 0 Å². The first-order chi connectivity index (χ1) is 7.66. The van der Waals surface area contributed by atoms with Gasteiger partial charge in [0, 0.05) is 19.5 Å². The molecule has 1 amide bonds. The Morgan fingerprint density at radius 2 is 1.81 bits per heavy atom. The third kappa shape index (κ3) is 2.32. The Hall–Kier alpha value is -1.57. The van der Waals surface area contributed by atoms with Gasteiger partial charge in [-0.2, -0.15) is 0 Å². The van der Waals surface area contributed by atoms with Crippen LogP contribution in [0.2, 0.25) is 0 Å². The van der Waals surface area contributed by atoms with Crippen molar-refractivity contribution in [3.05, 3.63) is 47.0 Å². The van der Waals surface area contributed by atoms with E-state index in [1.807, 2.05) is 30.0 Å². The third-order valence-corrected chi connectivity index (χ3v) is 3.14. The molecule has 1 aliphatic rings. The third-order valence-electron chi connectivity index (χ3n) is 3.14. The molecule has 0 saturated heterocycles. The van der Waals surface area contributed by atoms with E-state index in [0.717, 1.165) is 13.1 Å². The first-order valence-corrected chi connectivity index (χ1v) is 5.64. The number of carbonyl (C=O) groups excluding carboxylic acids is 1. The zero-order valence-electron chi connectivity index (χ0n) is 9.86. The van der Waals surface area contributed by atoms with E-state index in [4.69, 9.17) is 0 Å². The molecular formula is C14H17NO. The van der Waals surface area contributed by atoms with Crippen molar-refractivity contribution in [2.24, 2.45) is 0 Å². The zero-order chi connectivity index (χ0) is 11.5. The Labute approximate surface area is 96.6 Å². The van der Waals surface area contributed by atoms with Gasteiger partial charge in [0.05, 0.1) is 0 Å². The summed E-state index contributed by atoms with van der Waals surface area (Å²) in [6, 6.07) is 10.1. The summed E-state index contributed by atoms with van der Waals surface area (Å²) in [5.41, 5.74) is 3.76. The number of benzene rings is 1. The summed E-state index contributed by atoms with van der Waals surface area (Å²) in [6.45, 7) is 5.66. The first kappa shape index (κ1) is 10.9. The smallest absolute Gasteiger partial charge is 0.227 e. The summed E-state index contributed by atoms with van der Waals surface area (Å²) in [5.74, 6) is 0.243. The minimum absolute atomic E-state index is 0.243. The van der Waals surface area contributed by atoms with Crippen LogP contribution in [-0.2, 0) is 11.3 Å². The van der Waals surface area contributed by atoms with Gasteiger partial charge in [0.25, 0.3) is 0 Å². The summed E-state index contributed by atoms with van der Waals surface area (Å²) in [4.78, 5) is 13.8. The molecule has 1 aliphatic heterocycles. The van der Waals surface area contributed by atoms with Crippen LogP contribution in [0.25, 0.3) is 0 Å². The second kappa shape index (κ2) is 4.52. The number of nitrogens with zero attached hydrogens (tertiary/aromatic N) is 1. The average Bonchev–Trinajstić information content (AvgIpc) is 2.27. The largest absolute Gasteiger partial charge is 0.334 e. The lowest BCUT2D eigenvalue weighted by Gasteiger charge is -2.28. The van der Waals surface area contributed by atoms with Crippen LogP contribution < -0.4 is 0 Å². The molecule has 0 aromatic heterocycles. The maximum atomic E-state index is 11.8. The highest BCUT2D eigenvalue weighted by Crippen LogP contribution is 2.19. The highest BCUT2D eigenvalue weighted by molar-refractivity contribution is 5.80. The summed E-state index contributed by atoms with van der Waals surface area (Å²) >= 11 is 0. The van der Waals surface area contributed by atoms with Crippen molar-refractivity contribution in [3.63, 3.8) is 0 Å². The van der Waals surface area contributed by atoms with Gasteiger partial charge in [0.1, 0.15) is 0 Å². The van der Waals surface area contributed by atoms with E-state index in [1.165, 1.54) is 16.7 Å². The number of amides is 1. The monoisotopic (exact) mass is 215 g/mol. The molecule has 2 rings (SSSR count). The predicted molar refractivity (Wildman–Crippen MR) is 64.9 cm³/mol. The maximum Gasteiger partial charge on any atom is 0.227 e. The molecule has 0 atom stereocenters. The van der Waals surface area contributed by atoms with Gasteiger partial charge in [-0.1, -0.05) is 41.5 Å².